The molecular weight excluding hydrogens is 368 g/mol. The molecule has 1 aromatic rings. The van der Waals surface area contributed by atoms with Crippen molar-refractivity contribution in [1.29, 1.82) is 0 Å². The molecule has 0 bridgehead atoms. The van der Waals surface area contributed by atoms with Crippen molar-refractivity contribution in [1.82, 2.24) is 10.6 Å². The minimum atomic E-state index is -0.754. The van der Waals surface area contributed by atoms with E-state index in [9.17, 15) is 9.59 Å². The summed E-state index contributed by atoms with van der Waals surface area (Å²) in [6, 6.07) is 9.59. The standard InChI is InChI=1S/C22H28N4O3/c1-6-16-11-12-23-19(25-16)18-13-15-9-7-8-10-17(15)26(18)20(27)14(2)24-21(28)29-22(3,4)5/h7-10,14,16,18H,6,13H2,1-5H3,(H,23,25)(H,24,28). The normalized spacial score (nSPS) is 21.1. The number of carbonyl (C=O) groups is 2. The molecule has 2 amide bonds. The average molecular weight is 396 g/mol. The predicted octanol–water partition coefficient (Wildman–Crippen LogP) is 2.60. The number of rotatable bonds is 4. The number of aliphatic imine (C=N–C) groups is 1. The molecule has 0 aromatic heterocycles. The van der Waals surface area contributed by atoms with Gasteiger partial charge in [0.15, 0.2) is 0 Å². The van der Waals surface area contributed by atoms with E-state index in [1.165, 1.54) is 0 Å². The van der Waals surface area contributed by atoms with Crippen LogP contribution in [0.1, 0.15) is 46.6 Å². The van der Waals surface area contributed by atoms with E-state index in [4.69, 9.17) is 4.74 Å². The lowest BCUT2D eigenvalue weighted by atomic mass is 10.1. The second kappa shape index (κ2) is 8.16. The molecule has 154 valence electrons. The Morgan fingerprint density at radius 2 is 2.10 bits per heavy atom. The molecule has 3 rings (SSSR count). The summed E-state index contributed by atoms with van der Waals surface area (Å²) in [5.41, 5.74) is 1.26. The Balaban J connectivity index is 1.83. The van der Waals surface area contributed by atoms with Crippen LogP contribution in [0, 0.1) is 12.0 Å². The largest absolute Gasteiger partial charge is 0.444 e. The lowest BCUT2D eigenvalue weighted by Crippen LogP contribution is -2.55. The van der Waals surface area contributed by atoms with Crippen molar-refractivity contribution in [2.75, 3.05) is 4.90 Å². The van der Waals surface area contributed by atoms with Crippen LogP contribution in [0.15, 0.2) is 29.3 Å². The first kappa shape index (κ1) is 20.7. The smallest absolute Gasteiger partial charge is 0.408 e. The number of fused-ring (bicyclic) bond motifs is 1. The van der Waals surface area contributed by atoms with Crippen LogP contribution in [0.2, 0.25) is 0 Å². The fraction of sp³-hybridized carbons (Fsp3) is 0.500. The van der Waals surface area contributed by atoms with Gasteiger partial charge in [-0.3, -0.25) is 9.69 Å². The van der Waals surface area contributed by atoms with Crippen molar-refractivity contribution in [3.05, 3.63) is 29.8 Å². The number of hydrogen-bond donors (Lipinski definition) is 2. The minimum Gasteiger partial charge on any atom is -0.444 e. The zero-order chi connectivity index (χ0) is 21.2. The fourth-order valence-electron chi connectivity index (χ4n) is 3.42. The molecule has 1 aromatic carbocycles. The zero-order valence-electron chi connectivity index (χ0n) is 17.6. The first-order chi connectivity index (χ1) is 13.7. The van der Waals surface area contributed by atoms with Crippen molar-refractivity contribution >= 4 is 23.5 Å². The molecule has 3 atom stereocenters. The van der Waals surface area contributed by atoms with Crippen LogP contribution in [0.25, 0.3) is 0 Å². The van der Waals surface area contributed by atoms with Gasteiger partial charge in [0.2, 0.25) is 5.91 Å². The van der Waals surface area contributed by atoms with Gasteiger partial charge in [-0.05, 0) is 45.7 Å². The SMILES string of the molecule is CCC1C#CN=C(C2Cc3ccccc3N2C(=O)C(C)NC(=O)OC(C)(C)C)N1. The van der Waals surface area contributed by atoms with E-state index in [1.807, 2.05) is 24.3 Å². The Bertz CT molecular complexity index is 891. The van der Waals surface area contributed by atoms with Gasteiger partial charge in [-0.1, -0.05) is 31.0 Å². The highest BCUT2D eigenvalue weighted by atomic mass is 16.6. The molecule has 0 radical (unpaired) electrons. The number of anilines is 1. The Labute approximate surface area is 171 Å². The average Bonchev–Trinajstić information content (AvgIpc) is 3.05. The topological polar surface area (TPSA) is 83.0 Å². The van der Waals surface area contributed by atoms with Gasteiger partial charge in [0.1, 0.15) is 17.5 Å². The van der Waals surface area contributed by atoms with Crippen LogP contribution in [0.3, 0.4) is 0 Å². The number of alkyl carbamates (subject to hydrolysis) is 1. The van der Waals surface area contributed by atoms with E-state index in [0.717, 1.165) is 17.7 Å². The third-order valence-corrected chi connectivity index (χ3v) is 4.78. The van der Waals surface area contributed by atoms with Crippen molar-refractivity contribution in [2.24, 2.45) is 4.99 Å². The molecule has 0 aliphatic carbocycles. The lowest BCUT2D eigenvalue weighted by molar-refractivity contribution is -0.120. The Kier molecular flexibility index (Phi) is 5.83. The monoisotopic (exact) mass is 396 g/mol. The van der Waals surface area contributed by atoms with Gasteiger partial charge in [-0.2, -0.15) is 4.99 Å². The second-order valence-corrected chi connectivity index (χ2v) is 8.28. The summed E-state index contributed by atoms with van der Waals surface area (Å²) in [5, 5.41) is 5.99. The number of hydrogen-bond acceptors (Lipinski definition) is 5. The molecule has 2 aliphatic heterocycles. The van der Waals surface area contributed by atoms with Crippen LogP contribution in [-0.4, -0.2) is 41.6 Å². The zero-order valence-corrected chi connectivity index (χ0v) is 17.6. The fourth-order valence-corrected chi connectivity index (χ4v) is 3.42. The summed E-state index contributed by atoms with van der Waals surface area (Å²) in [6.07, 6.45) is 0.869. The molecule has 0 saturated carbocycles. The van der Waals surface area contributed by atoms with Crippen molar-refractivity contribution < 1.29 is 14.3 Å². The van der Waals surface area contributed by atoms with Gasteiger partial charge < -0.3 is 15.4 Å². The number of benzene rings is 1. The molecule has 7 heteroatoms. The van der Waals surface area contributed by atoms with Crippen molar-refractivity contribution in [2.45, 2.75) is 71.2 Å². The minimum absolute atomic E-state index is 0.0143. The molecule has 2 aliphatic rings. The molecule has 2 heterocycles. The molecule has 29 heavy (non-hydrogen) atoms. The third-order valence-electron chi connectivity index (χ3n) is 4.78. The highest BCUT2D eigenvalue weighted by Crippen LogP contribution is 2.33. The van der Waals surface area contributed by atoms with Gasteiger partial charge in [-0.15, -0.1) is 0 Å². The number of nitrogens with one attached hydrogen (secondary N) is 2. The van der Waals surface area contributed by atoms with Crippen molar-refractivity contribution in [3.8, 4) is 12.0 Å². The maximum absolute atomic E-state index is 13.4. The van der Waals surface area contributed by atoms with Gasteiger partial charge >= 0.3 is 6.09 Å². The highest BCUT2D eigenvalue weighted by Gasteiger charge is 2.40. The van der Waals surface area contributed by atoms with Gasteiger partial charge in [0.25, 0.3) is 0 Å². The molecule has 0 fully saturated rings. The third kappa shape index (κ3) is 4.70. The van der Waals surface area contributed by atoms with Crippen LogP contribution >= 0.6 is 0 Å². The van der Waals surface area contributed by atoms with E-state index in [2.05, 4.69) is 34.5 Å². The highest BCUT2D eigenvalue weighted by molar-refractivity contribution is 6.08. The van der Waals surface area contributed by atoms with Gasteiger partial charge in [0, 0.05) is 18.2 Å². The van der Waals surface area contributed by atoms with Crippen LogP contribution < -0.4 is 15.5 Å². The first-order valence-corrected chi connectivity index (χ1v) is 9.94. The number of amidine groups is 1. The second-order valence-electron chi connectivity index (χ2n) is 8.28. The van der Waals surface area contributed by atoms with Crippen molar-refractivity contribution in [3.63, 3.8) is 0 Å². The van der Waals surface area contributed by atoms with Gasteiger partial charge in [0.05, 0.1) is 12.1 Å². The van der Waals surface area contributed by atoms with Crippen LogP contribution in [0.4, 0.5) is 10.5 Å². The van der Waals surface area contributed by atoms with E-state index < -0.39 is 17.7 Å². The molecule has 0 saturated heterocycles. The molecular formula is C22H28N4O3. The molecule has 0 spiro atoms. The van der Waals surface area contributed by atoms with Crippen LogP contribution in [-0.2, 0) is 16.0 Å². The van der Waals surface area contributed by atoms with Crippen LogP contribution in [0.5, 0.6) is 0 Å². The maximum Gasteiger partial charge on any atom is 0.408 e. The number of carbonyl (C=O) groups excluding carboxylic acids is 2. The van der Waals surface area contributed by atoms with E-state index >= 15 is 0 Å². The summed E-state index contributed by atoms with van der Waals surface area (Å²) in [5.74, 6) is 3.50. The maximum atomic E-state index is 13.4. The first-order valence-electron chi connectivity index (χ1n) is 9.94. The Morgan fingerprint density at radius 1 is 1.38 bits per heavy atom. The Morgan fingerprint density at radius 3 is 2.79 bits per heavy atom. The summed E-state index contributed by atoms with van der Waals surface area (Å²) in [4.78, 5) is 31.5. The lowest BCUT2D eigenvalue weighted by Gasteiger charge is -2.31. The van der Waals surface area contributed by atoms with E-state index in [0.29, 0.717) is 12.3 Å². The number of nitrogens with zero attached hydrogens (tertiary/aromatic N) is 2. The number of ether oxygens (including phenoxy) is 1. The van der Waals surface area contributed by atoms with Gasteiger partial charge in [-0.25, -0.2) is 4.79 Å². The predicted molar refractivity (Wildman–Crippen MR) is 113 cm³/mol. The number of amides is 2. The summed E-state index contributed by atoms with van der Waals surface area (Å²) in [6.45, 7) is 9.06. The van der Waals surface area contributed by atoms with E-state index in [-0.39, 0.29) is 18.0 Å². The molecule has 7 nitrogen and oxygen atoms in total. The molecule has 2 N–H and O–H groups in total. The number of para-hydroxylation sites is 1. The Hall–Kier alpha value is -3.01. The summed E-state index contributed by atoms with van der Waals surface area (Å²) in [7, 11) is 0. The van der Waals surface area contributed by atoms with E-state index in [1.54, 1.807) is 32.6 Å². The summed E-state index contributed by atoms with van der Waals surface area (Å²) < 4.78 is 5.29. The summed E-state index contributed by atoms with van der Waals surface area (Å²) >= 11 is 0. The quantitative estimate of drug-likeness (QED) is 0.767. The molecule has 3 unspecified atom stereocenters.